The largest absolute Gasteiger partial charge is 0.351 e. The smallest absolute Gasteiger partial charge is 0.256 e. The molecule has 1 aromatic rings. The Morgan fingerprint density at radius 1 is 1.19 bits per heavy atom. The molecule has 2 amide bonds. The van der Waals surface area contributed by atoms with Gasteiger partial charge in [0.2, 0.25) is 5.91 Å². The highest BCUT2D eigenvalue weighted by Crippen LogP contribution is 2.48. The number of nitrogens with two attached hydrogens (primary N) is 1. The molecule has 2 fully saturated rings. The minimum Gasteiger partial charge on any atom is -0.351 e. The Bertz CT molecular complexity index is 745. The van der Waals surface area contributed by atoms with E-state index in [0.29, 0.717) is 5.75 Å². The van der Waals surface area contributed by atoms with E-state index in [4.69, 9.17) is 0 Å². The minimum atomic E-state index is -0.373. The van der Waals surface area contributed by atoms with Crippen LogP contribution in [0.2, 0.25) is 0 Å². The molecule has 3 aliphatic rings. The number of rotatable bonds is 2. The van der Waals surface area contributed by atoms with Gasteiger partial charge in [0.05, 0.1) is 11.1 Å². The van der Waals surface area contributed by atoms with E-state index in [0.717, 1.165) is 24.0 Å². The summed E-state index contributed by atoms with van der Waals surface area (Å²) in [7, 11) is 0. The molecule has 26 heavy (non-hydrogen) atoms. The number of hydrogen-bond acceptors (Lipinski definition) is 3. The van der Waals surface area contributed by atoms with Gasteiger partial charge in [0.25, 0.3) is 5.91 Å². The number of nitrogens with one attached hydrogen (secondary N) is 1. The highest BCUT2D eigenvalue weighted by Gasteiger charge is 2.49. The summed E-state index contributed by atoms with van der Waals surface area (Å²) in [6.07, 6.45) is 1.89. The highest BCUT2D eigenvalue weighted by atomic mass is 32.2. The fourth-order valence-electron chi connectivity index (χ4n) is 5.16. The number of piperidine rings is 1. The van der Waals surface area contributed by atoms with Crippen LogP contribution < -0.4 is 10.6 Å². The van der Waals surface area contributed by atoms with Crippen molar-refractivity contribution in [1.29, 1.82) is 0 Å². The van der Waals surface area contributed by atoms with E-state index in [1.54, 1.807) is 16.7 Å². The number of amides is 2. The molecule has 0 aromatic heterocycles. The van der Waals surface area contributed by atoms with E-state index < -0.39 is 0 Å². The van der Waals surface area contributed by atoms with Gasteiger partial charge in [-0.1, -0.05) is 18.2 Å². The summed E-state index contributed by atoms with van der Waals surface area (Å²) in [5.41, 5.74) is 2.00. The number of thioether (sulfide) groups is 1. The van der Waals surface area contributed by atoms with Gasteiger partial charge in [-0.05, 0) is 39.3 Å². The fraction of sp³-hybridized carbons (Fsp3) is 0.600. The van der Waals surface area contributed by atoms with Crippen LogP contribution in [0.25, 0.3) is 0 Å². The van der Waals surface area contributed by atoms with Crippen molar-refractivity contribution < 1.29 is 14.9 Å². The van der Waals surface area contributed by atoms with E-state index >= 15 is 0 Å². The standard InChI is InChI=1S/C20H27N3O2S/c1-19(2)9-12(10-20(3,4)22-19)21-16(24)15-11-26-18-14-8-6-5-7-13(14)17(25)23(15)18/h5-8,12,15,18,22H,9-11H2,1-4H3,(H,21,24)/p+1/t15-,18-/m0/s1. The van der Waals surface area contributed by atoms with E-state index in [1.807, 2.05) is 24.3 Å². The predicted octanol–water partition coefficient (Wildman–Crippen LogP) is 1.66. The number of carbonyl (C=O) groups excluding carboxylic acids is 2. The van der Waals surface area contributed by atoms with Crippen molar-refractivity contribution in [3.8, 4) is 0 Å². The Morgan fingerprint density at radius 3 is 2.54 bits per heavy atom. The minimum absolute atomic E-state index is 0.000318. The van der Waals surface area contributed by atoms with Crippen molar-refractivity contribution in [3.63, 3.8) is 0 Å². The zero-order chi connectivity index (χ0) is 18.7. The number of carbonyl (C=O) groups is 2. The van der Waals surface area contributed by atoms with Crippen LogP contribution in [0.15, 0.2) is 24.3 Å². The molecule has 0 bridgehead atoms. The third-order valence-corrected chi connectivity index (χ3v) is 6.97. The summed E-state index contributed by atoms with van der Waals surface area (Å²) in [5, 5.41) is 5.66. The molecule has 4 rings (SSSR count). The van der Waals surface area contributed by atoms with Crippen molar-refractivity contribution in [1.82, 2.24) is 10.2 Å². The van der Waals surface area contributed by atoms with Gasteiger partial charge in [-0.2, -0.15) is 0 Å². The van der Waals surface area contributed by atoms with E-state index in [1.165, 1.54) is 0 Å². The fourth-order valence-corrected chi connectivity index (χ4v) is 6.62. The SMILES string of the molecule is CC1(C)CC(NC(=O)[C@@H]2CS[C@H]3c4ccccc4C(=O)N23)CC(C)(C)[NH2+]1. The Hall–Kier alpha value is -1.53. The third-order valence-electron chi connectivity index (χ3n) is 5.67. The monoisotopic (exact) mass is 374 g/mol. The van der Waals surface area contributed by atoms with E-state index in [9.17, 15) is 9.59 Å². The van der Waals surface area contributed by atoms with Crippen molar-refractivity contribution in [3.05, 3.63) is 35.4 Å². The summed E-state index contributed by atoms with van der Waals surface area (Å²) in [6.45, 7) is 8.93. The second-order valence-corrected chi connectivity index (χ2v) is 10.3. The quantitative estimate of drug-likeness (QED) is 0.827. The summed E-state index contributed by atoms with van der Waals surface area (Å²) < 4.78 is 0. The molecule has 0 unspecified atom stereocenters. The predicted molar refractivity (Wildman–Crippen MR) is 103 cm³/mol. The van der Waals surface area contributed by atoms with Crippen molar-refractivity contribution >= 4 is 23.6 Å². The summed E-state index contributed by atoms with van der Waals surface area (Å²) in [4.78, 5) is 27.7. The topological polar surface area (TPSA) is 66.0 Å². The molecule has 0 aliphatic carbocycles. The molecule has 140 valence electrons. The van der Waals surface area contributed by atoms with Crippen LogP contribution in [0.5, 0.6) is 0 Å². The Labute approximate surface area is 159 Å². The molecule has 0 saturated carbocycles. The molecular formula is C20H28N3O2S+. The molecule has 2 atom stereocenters. The first kappa shape index (κ1) is 17.9. The first-order valence-corrected chi connectivity index (χ1v) is 10.4. The van der Waals surface area contributed by atoms with Gasteiger partial charge in [0.1, 0.15) is 11.4 Å². The number of fused-ring (bicyclic) bond motifs is 3. The Kier molecular flexibility index (Phi) is 4.12. The van der Waals surface area contributed by atoms with Crippen LogP contribution in [-0.4, -0.2) is 45.6 Å². The van der Waals surface area contributed by atoms with Gasteiger partial charge in [0.15, 0.2) is 0 Å². The molecule has 2 saturated heterocycles. The zero-order valence-electron chi connectivity index (χ0n) is 15.9. The molecule has 0 spiro atoms. The molecule has 0 radical (unpaired) electrons. The lowest BCUT2D eigenvalue weighted by molar-refractivity contribution is -0.787. The Morgan fingerprint density at radius 2 is 1.85 bits per heavy atom. The normalized spacial score (nSPS) is 29.4. The maximum atomic E-state index is 13.0. The Balaban J connectivity index is 1.49. The summed E-state index contributed by atoms with van der Waals surface area (Å²) >= 11 is 1.70. The molecule has 3 aliphatic heterocycles. The molecule has 6 heteroatoms. The average Bonchev–Trinajstić information content (AvgIpc) is 3.05. The molecule has 5 nitrogen and oxygen atoms in total. The van der Waals surface area contributed by atoms with Gasteiger partial charge >= 0.3 is 0 Å². The van der Waals surface area contributed by atoms with Crippen LogP contribution in [0.4, 0.5) is 0 Å². The van der Waals surface area contributed by atoms with Crippen LogP contribution in [0.3, 0.4) is 0 Å². The van der Waals surface area contributed by atoms with Crippen LogP contribution >= 0.6 is 11.8 Å². The second kappa shape index (κ2) is 5.99. The first-order chi connectivity index (χ1) is 12.2. The van der Waals surface area contributed by atoms with Crippen molar-refractivity contribution in [2.75, 3.05) is 5.75 Å². The molecule has 1 aromatic carbocycles. The molecule has 3 N–H and O–H groups in total. The number of quaternary nitrogens is 1. The molecular weight excluding hydrogens is 346 g/mol. The summed E-state index contributed by atoms with van der Waals surface area (Å²) in [6, 6.07) is 7.51. The highest BCUT2D eigenvalue weighted by molar-refractivity contribution is 7.99. The van der Waals surface area contributed by atoms with Crippen LogP contribution in [0.1, 0.15) is 61.8 Å². The van der Waals surface area contributed by atoms with Crippen LogP contribution in [-0.2, 0) is 4.79 Å². The third kappa shape index (κ3) is 3.03. The second-order valence-electron chi connectivity index (χ2n) is 9.24. The maximum Gasteiger partial charge on any atom is 0.256 e. The molecule has 3 heterocycles. The lowest BCUT2D eigenvalue weighted by atomic mass is 9.79. The maximum absolute atomic E-state index is 13.0. The lowest BCUT2D eigenvalue weighted by Crippen LogP contribution is -3.06. The number of benzene rings is 1. The average molecular weight is 375 g/mol. The zero-order valence-corrected chi connectivity index (χ0v) is 16.7. The van der Waals surface area contributed by atoms with Gasteiger partial charge in [0, 0.05) is 30.2 Å². The van der Waals surface area contributed by atoms with E-state index in [-0.39, 0.29) is 40.3 Å². The van der Waals surface area contributed by atoms with Crippen molar-refractivity contribution in [2.45, 2.75) is 69.1 Å². The van der Waals surface area contributed by atoms with E-state index in [2.05, 4.69) is 38.3 Å². The van der Waals surface area contributed by atoms with Gasteiger partial charge in [-0.25, -0.2) is 0 Å². The van der Waals surface area contributed by atoms with Gasteiger partial charge in [-0.3, -0.25) is 9.59 Å². The van der Waals surface area contributed by atoms with Crippen molar-refractivity contribution in [2.24, 2.45) is 0 Å². The lowest BCUT2D eigenvalue weighted by Gasteiger charge is -2.43. The van der Waals surface area contributed by atoms with Gasteiger partial charge < -0.3 is 15.5 Å². The first-order valence-electron chi connectivity index (χ1n) is 9.38. The summed E-state index contributed by atoms with van der Waals surface area (Å²) in [5.74, 6) is 0.662. The van der Waals surface area contributed by atoms with Gasteiger partial charge in [-0.15, -0.1) is 11.8 Å². The number of nitrogens with zero attached hydrogens (tertiary/aromatic N) is 1. The van der Waals surface area contributed by atoms with Crippen LogP contribution in [0, 0.1) is 0 Å². The number of hydrogen-bond donors (Lipinski definition) is 2.